The van der Waals surface area contributed by atoms with E-state index in [-0.39, 0.29) is 5.91 Å². The average molecular weight is 279 g/mol. The molecule has 0 aliphatic rings. The minimum absolute atomic E-state index is 0.0499. The fraction of sp³-hybridized carbons (Fsp3) is 0.533. The first-order valence-corrected chi connectivity index (χ1v) is 6.99. The maximum Gasteiger partial charge on any atom is 0.253 e. The molecule has 1 aromatic carbocycles. The van der Waals surface area contributed by atoms with Crippen LogP contribution in [0.2, 0.25) is 0 Å². The minimum Gasteiger partial charge on any atom is -0.397 e. The molecule has 20 heavy (non-hydrogen) atoms. The topological polar surface area (TPSA) is 67.6 Å². The molecule has 0 bridgehead atoms. The van der Waals surface area contributed by atoms with Crippen molar-refractivity contribution in [2.75, 3.05) is 44.9 Å². The van der Waals surface area contributed by atoms with E-state index in [2.05, 4.69) is 12.2 Å². The van der Waals surface area contributed by atoms with E-state index in [4.69, 9.17) is 10.5 Å². The van der Waals surface area contributed by atoms with E-state index < -0.39 is 0 Å². The van der Waals surface area contributed by atoms with E-state index in [1.807, 2.05) is 6.07 Å². The van der Waals surface area contributed by atoms with Crippen LogP contribution in [0.1, 0.15) is 30.1 Å². The number of carbonyl (C=O) groups excluding carboxylic acids is 1. The van der Waals surface area contributed by atoms with E-state index in [0.29, 0.717) is 24.4 Å². The van der Waals surface area contributed by atoms with Gasteiger partial charge in [-0.05, 0) is 24.6 Å². The molecular formula is C15H25N3O2. The minimum atomic E-state index is -0.0499. The van der Waals surface area contributed by atoms with Gasteiger partial charge in [-0.1, -0.05) is 13.3 Å². The van der Waals surface area contributed by atoms with Crippen LogP contribution >= 0.6 is 0 Å². The lowest BCUT2D eigenvalue weighted by molar-refractivity contribution is 0.0827. The van der Waals surface area contributed by atoms with Gasteiger partial charge < -0.3 is 20.7 Å². The van der Waals surface area contributed by atoms with Crippen molar-refractivity contribution in [1.29, 1.82) is 0 Å². The Labute approximate surface area is 121 Å². The highest BCUT2D eigenvalue weighted by Gasteiger charge is 2.09. The lowest BCUT2D eigenvalue weighted by Crippen LogP contribution is -2.21. The molecule has 3 N–H and O–H groups in total. The summed E-state index contributed by atoms with van der Waals surface area (Å²) in [7, 11) is 3.44. The van der Waals surface area contributed by atoms with Crippen LogP contribution < -0.4 is 11.1 Å². The number of benzene rings is 1. The largest absolute Gasteiger partial charge is 0.397 e. The van der Waals surface area contributed by atoms with Crippen molar-refractivity contribution in [3.8, 4) is 0 Å². The van der Waals surface area contributed by atoms with Gasteiger partial charge in [0, 0.05) is 32.8 Å². The highest BCUT2D eigenvalue weighted by molar-refractivity contribution is 5.95. The Kier molecular flexibility index (Phi) is 6.87. The zero-order valence-corrected chi connectivity index (χ0v) is 12.6. The third kappa shape index (κ3) is 5.09. The Hall–Kier alpha value is -1.75. The first-order valence-electron chi connectivity index (χ1n) is 6.99. The SMILES string of the molecule is CCCCOCCNc1ccc(C(=O)N(C)C)cc1N. The number of nitrogens with zero attached hydrogens (tertiary/aromatic N) is 1. The number of anilines is 2. The third-order valence-electron chi connectivity index (χ3n) is 2.91. The van der Waals surface area contributed by atoms with Gasteiger partial charge in [0.25, 0.3) is 5.91 Å². The molecule has 0 heterocycles. The standard InChI is InChI=1S/C15H25N3O2/c1-4-5-9-20-10-8-17-14-7-6-12(11-13(14)16)15(19)18(2)3/h6-7,11,17H,4-5,8-10,16H2,1-3H3. The van der Waals surface area contributed by atoms with Crippen LogP contribution in [0.15, 0.2) is 18.2 Å². The zero-order valence-electron chi connectivity index (χ0n) is 12.6. The summed E-state index contributed by atoms with van der Waals surface area (Å²) in [5.41, 5.74) is 7.95. The van der Waals surface area contributed by atoms with Gasteiger partial charge in [0.1, 0.15) is 0 Å². The van der Waals surface area contributed by atoms with E-state index in [1.165, 1.54) is 4.90 Å². The second-order valence-electron chi connectivity index (χ2n) is 4.89. The van der Waals surface area contributed by atoms with Gasteiger partial charge in [-0.2, -0.15) is 0 Å². The van der Waals surface area contributed by atoms with Crippen LogP contribution in [0, 0.1) is 0 Å². The number of hydrogen-bond donors (Lipinski definition) is 2. The van der Waals surface area contributed by atoms with Crippen LogP contribution in [-0.2, 0) is 4.74 Å². The summed E-state index contributed by atoms with van der Waals surface area (Å²) in [6.45, 7) is 4.29. The number of unbranched alkanes of at least 4 members (excludes halogenated alkanes) is 1. The van der Waals surface area contributed by atoms with Crippen LogP contribution in [-0.4, -0.2) is 44.7 Å². The molecule has 0 fully saturated rings. The number of ether oxygens (including phenoxy) is 1. The molecule has 0 saturated heterocycles. The number of amides is 1. The van der Waals surface area contributed by atoms with Gasteiger partial charge in [-0.15, -0.1) is 0 Å². The molecule has 0 aliphatic carbocycles. The second kappa shape index (κ2) is 8.43. The number of nitrogens with one attached hydrogen (secondary N) is 1. The van der Waals surface area contributed by atoms with Crippen LogP contribution in [0.25, 0.3) is 0 Å². The number of hydrogen-bond acceptors (Lipinski definition) is 4. The van der Waals surface area contributed by atoms with Gasteiger partial charge >= 0.3 is 0 Å². The molecule has 1 aromatic rings. The maximum atomic E-state index is 11.8. The van der Waals surface area contributed by atoms with Gasteiger partial charge in [-0.25, -0.2) is 0 Å². The molecule has 5 nitrogen and oxygen atoms in total. The molecule has 1 amide bonds. The third-order valence-corrected chi connectivity index (χ3v) is 2.91. The number of nitrogen functional groups attached to an aromatic ring is 1. The molecule has 0 aliphatic heterocycles. The zero-order chi connectivity index (χ0) is 15.0. The Morgan fingerprint density at radius 3 is 2.70 bits per heavy atom. The first-order chi connectivity index (χ1) is 9.56. The Morgan fingerprint density at radius 2 is 2.10 bits per heavy atom. The quantitative estimate of drug-likeness (QED) is 0.565. The smallest absolute Gasteiger partial charge is 0.253 e. The van der Waals surface area contributed by atoms with Crippen molar-refractivity contribution < 1.29 is 9.53 Å². The molecule has 0 aromatic heterocycles. The van der Waals surface area contributed by atoms with E-state index in [9.17, 15) is 4.79 Å². The molecule has 0 atom stereocenters. The molecule has 1 rings (SSSR count). The van der Waals surface area contributed by atoms with Crippen LogP contribution in [0.5, 0.6) is 0 Å². The Morgan fingerprint density at radius 1 is 1.35 bits per heavy atom. The van der Waals surface area contributed by atoms with Crippen molar-refractivity contribution in [2.45, 2.75) is 19.8 Å². The summed E-state index contributed by atoms with van der Waals surface area (Å²) in [6, 6.07) is 5.31. The fourth-order valence-electron chi connectivity index (χ4n) is 1.72. The first kappa shape index (κ1) is 16.3. The van der Waals surface area contributed by atoms with Gasteiger partial charge in [-0.3, -0.25) is 4.79 Å². The van der Waals surface area contributed by atoms with Crippen LogP contribution in [0.3, 0.4) is 0 Å². The summed E-state index contributed by atoms with van der Waals surface area (Å²) in [6.07, 6.45) is 2.23. The van der Waals surface area contributed by atoms with E-state index in [0.717, 1.165) is 25.1 Å². The average Bonchev–Trinajstić information content (AvgIpc) is 2.43. The van der Waals surface area contributed by atoms with Gasteiger partial charge in [0.05, 0.1) is 18.0 Å². The van der Waals surface area contributed by atoms with E-state index >= 15 is 0 Å². The van der Waals surface area contributed by atoms with Crippen LogP contribution in [0.4, 0.5) is 11.4 Å². The monoisotopic (exact) mass is 279 g/mol. The molecule has 0 radical (unpaired) electrons. The summed E-state index contributed by atoms with van der Waals surface area (Å²) in [5.74, 6) is -0.0499. The Bertz CT molecular complexity index is 433. The van der Waals surface area contributed by atoms with Crippen molar-refractivity contribution in [1.82, 2.24) is 4.90 Å². The highest BCUT2D eigenvalue weighted by Crippen LogP contribution is 2.20. The van der Waals surface area contributed by atoms with Crippen molar-refractivity contribution in [3.05, 3.63) is 23.8 Å². The normalized spacial score (nSPS) is 10.3. The maximum absolute atomic E-state index is 11.8. The second-order valence-corrected chi connectivity index (χ2v) is 4.89. The van der Waals surface area contributed by atoms with Gasteiger partial charge in [0.15, 0.2) is 0 Å². The summed E-state index contributed by atoms with van der Waals surface area (Å²) >= 11 is 0. The predicted molar refractivity (Wildman–Crippen MR) is 83.1 cm³/mol. The summed E-state index contributed by atoms with van der Waals surface area (Å²) in [4.78, 5) is 13.3. The van der Waals surface area contributed by atoms with Crippen molar-refractivity contribution >= 4 is 17.3 Å². The number of rotatable bonds is 8. The fourth-order valence-corrected chi connectivity index (χ4v) is 1.72. The molecule has 5 heteroatoms. The van der Waals surface area contributed by atoms with Crippen molar-refractivity contribution in [2.24, 2.45) is 0 Å². The van der Waals surface area contributed by atoms with E-state index in [1.54, 1.807) is 26.2 Å². The number of nitrogens with two attached hydrogens (primary N) is 1. The lowest BCUT2D eigenvalue weighted by Gasteiger charge is -2.13. The van der Waals surface area contributed by atoms with Crippen molar-refractivity contribution in [3.63, 3.8) is 0 Å². The van der Waals surface area contributed by atoms with Gasteiger partial charge in [0.2, 0.25) is 0 Å². The molecule has 0 unspecified atom stereocenters. The molecule has 0 saturated carbocycles. The number of carbonyl (C=O) groups is 1. The molecular weight excluding hydrogens is 254 g/mol. The summed E-state index contributed by atoms with van der Waals surface area (Å²) < 4.78 is 5.46. The Balaban J connectivity index is 2.46. The molecule has 0 spiro atoms. The lowest BCUT2D eigenvalue weighted by atomic mass is 10.1. The molecule has 112 valence electrons. The highest BCUT2D eigenvalue weighted by atomic mass is 16.5. The summed E-state index contributed by atoms with van der Waals surface area (Å²) in [5, 5.41) is 3.21. The predicted octanol–water partition coefficient (Wildman–Crippen LogP) is 2.20.